The minimum Gasteiger partial charge on any atom is -0.494 e. The van der Waals surface area contributed by atoms with E-state index >= 15 is 0 Å². The Bertz CT molecular complexity index is 640. The van der Waals surface area contributed by atoms with Crippen LogP contribution in [0.3, 0.4) is 0 Å². The van der Waals surface area contributed by atoms with Crippen molar-refractivity contribution in [3.63, 3.8) is 0 Å². The number of hydrogen-bond donors (Lipinski definition) is 1. The fourth-order valence-corrected chi connectivity index (χ4v) is 2.20. The molecule has 110 valence electrons. The van der Waals surface area contributed by atoms with Gasteiger partial charge in [0, 0.05) is 21.8 Å². The normalized spacial score (nSPS) is 10.2. The van der Waals surface area contributed by atoms with E-state index in [-0.39, 0.29) is 5.91 Å². The van der Waals surface area contributed by atoms with E-state index in [0.29, 0.717) is 12.2 Å². The van der Waals surface area contributed by atoms with Crippen LogP contribution in [-0.2, 0) is 0 Å². The van der Waals surface area contributed by atoms with Gasteiger partial charge in [0.2, 0.25) is 0 Å². The fraction of sp³-hybridized carbons (Fsp3) is 0.235. The molecule has 21 heavy (non-hydrogen) atoms. The van der Waals surface area contributed by atoms with E-state index < -0.39 is 0 Å². The van der Waals surface area contributed by atoms with Crippen LogP contribution in [0.2, 0.25) is 0 Å². The van der Waals surface area contributed by atoms with Gasteiger partial charge in [-0.25, -0.2) is 0 Å². The number of rotatable bonds is 5. The zero-order valence-electron chi connectivity index (χ0n) is 12.2. The molecule has 0 aliphatic heterocycles. The topological polar surface area (TPSA) is 38.3 Å². The molecule has 0 atom stereocenters. The van der Waals surface area contributed by atoms with Crippen LogP contribution in [0.25, 0.3) is 0 Å². The number of amides is 1. The van der Waals surface area contributed by atoms with E-state index in [9.17, 15) is 4.79 Å². The van der Waals surface area contributed by atoms with Gasteiger partial charge in [0.15, 0.2) is 0 Å². The average Bonchev–Trinajstić information content (AvgIpc) is 2.48. The van der Waals surface area contributed by atoms with Gasteiger partial charge in [0.1, 0.15) is 5.75 Å². The smallest absolute Gasteiger partial charge is 0.255 e. The van der Waals surface area contributed by atoms with Crippen molar-refractivity contribution >= 4 is 27.5 Å². The molecule has 2 aromatic rings. The van der Waals surface area contributed by atoms with Gasteiger partial charge in [-0.1, -0.05) is 35.0 Å². The predicted octanol–water partition coefficient (Wildman–Crippen LogP) is 4.80. The van der Waals surface area contributed by atoms with E-state index in [1.54, 1.807) is 0 Å². The molecule has 4 heteroatoms. The number of hydrogen-bond acceptors (Lipinski definition) is 2. The lowest BCUT2D eigenvalue weighted by Crippen LogP contribution is -2.12. The highest BCUT2D eigenvalue weighted by molar-refractivity contribution is 9.10. The number of halogens is 1. The highest BCUT2D eigenvalue weighted by Crippen LogP contribution is 2.20. The molecule has 0 saturated heterocycles. The summed E-state index contributed by atoms with van der Waals surface area (Å²) in [6.45, 7) is 4.71. The second-order valence-corrected chi connectivity index (χ2v) is 5.65. The maximum atomic E-state index is 12.2. The maximum absolute atomic E-state index is 12.2. The number of anilines is 1. The highest BCUT2D eigenvalue weighted by Gasteiger charge is 2.08. The van der Waals surface area contributed by atoms with E-state index in [1.807, 2.05) is 49.4 Å². The third-order valence-corrected chi connectivity index (χ3v) is 3.85. The van der Waals surface area contributed by atoms with Crippen LogP contribution in [0, 0.1) is 6.92 Å². The zero-order chi connectivity index (χ0) is 15.2. The quantitative estimate of drug-likeness (QED) is 0.843. The van der Waals surface area contributed by atoms with Crippen LogP contribution in [-0.4, -0.2) is 12.5 Å². The van der Waals surface area contributed by atoms with Crippen molar-refractivity contribution in [3.05, 3.63) is 58.1 Å². The third kappa shape index (κ3) is 4.33. The van der Waals surface area contributed by atoms with Crippen molar-refractivity contribution in [1.82, 2.24) is 0 Å². The molecule has 0 radical (unpaired) electrons. The van der Waals surface area contributed by atoms with E-state index in [2.05, 4.69) is 28.2 Å². The number of aryl methyl sites for hydroxylation is 1. The first-order chi connectivity index (χ1) is 10.1. The molecule has 0 fully saturated rings. The summed E-state index contributed by atoms with van der Waals surface area (Å²) in [5.41, 5.74) is 2.44. The molecule has 0 aliphatic rings. The summed E-state index contributed by atoms with van der Waals surface area (Å²) in [7, 11) is 0. The maximum Gasteiger partial charge on any atom is 0.255 e. The first kappa shape index (κ1) is 15.6. The number of ether oxygens (including phenoxy) is 1. The zero-order valence-corrected chi connectivity index (χ0v) is 13.7. The molecule has 0 aliphatic carbocycles. The minimum atomic E-state index is -0.136. The first-order valence-corrected chi connectivity index (χ1v) is 7.70. The Morgan fingerprint density at radius 2 is 2.05 bits per heavy atom. The standard InChI is InChI=1S/C17H18BrNO2/c1-3-9-21-15-6-4-5-14(11-15)19-17(20)13-8-7-12(2)16(18)10-13/h4-8,10-11H,3,9H2,1-2H3,(H,19,20). The van der Waals surface area contributed by atoms with Crippen molar-refractivity contribution in [1.29, 1.82) is 0 Å². The van der Waals surface area contributed by atoms with Crippen LogP contribution < -0.4 is 10.1 Å². The molecule has 0 spiro atoms. The second kappa shape index (κ2) is 7.27. The van der Waals surface area contributed by atoms with Gasteiger partial charge in [0.25, 0.3) is 5.91 Å². The molecular formula is C17H18BrNO2. The average molecular weight is 348 g/mol. The van der Waals surface area contributed by atoms with Crippen molar-refractivity contribution < 1.29 is 9.53 Å². The van der Waals surface area contributed by atoms with E-state index in [1.165, 1.54) is 0 Å². The Labute approximate surface area is 133 Å². The summed E-state index contributed by atoms with van der Waals surface area (Å²) in [4.78, 5) is 12.2. The molecule has 0 unspecified atom stereocenters. The van der Waals surface area contributed by atoms with Crippen molar-refractivity contribution in [2.75, 3.05) is 11.9 Å². The lowest BCUT2D eigenvalue weighted by molar-refractivity contribution is 0.102. The van der Waals surface area contributed by atoms with Gasteiger partial charge in [0.05, 0.1) is 6.61 Å². The first-order valence-electron chi connectivity index (χ1n) is 6.90. The summed E-state index contributed by atoms with van der Waals surface area (Å²) < 4.78 is 6.49. The highest BCUT2D eigenvalue weighted by atomic mass is 79.9. The molecule has 1 N–H and O–H groups in total. The number of nitrogens with one attached hydrogen (secondary N) is 1. The number of benzene rings is 2. The summed E-state index contributed by atoms with van der Waals surface area (Å²) in [5, 5.41) is 2.88. The van der Waals surface area contributed by atoms with Gasteiger partial charge in [-0.2, -0.15) is 0 Å². The van der Waals surface area contributed by atoms with Crippen molar-refractivity contribution in [2.45, 2.75) is 20.3 Å². The summed E-state index contributed by atoms with van der Waals surface area (Å²) in [5.74, 6) is 0.628. The summed E-state index contributed by atoms with van der Waals surface area (Å²) >= 11 is 3.44. The van der Waals surface area contributed by atoms with Gasteiger partial charge in [-0.05, 0) is 43.2 Å². The predicted molar refractivity (Wildman–Crippen MR) is 89.1 cm³/mol. The van der Waals surface area contributed by atoms with Crippen LogP contribution in [0.1, 0.15) is 29.3 Å². The lowest BCUT2D eigenvalue weighted by Gasteiger charge is -2.09. The Morgan fingerprint density at radius 3 is 2.76 bits per heavy atom. The van der Waals surface area contributed by atoms with Gasteiger partial charge in [-0.3, -0.25) is 4.79 Å². The SMILES string of the molecule is CCCOc1cccc(NC(=O)c2ccc(C)c(Br)c2)c1. The lowest BCUT2D eigenvalue weighted by atomic mass is 10.1. The molecule has 1 amide bonds. The monoisotopic (exact) mass is 347 g/mol. The molecule has 0 bridgehead atoms. The molecule has 0 saturated carbocycles. The van der Waals surface area contributed by atoms with Gasteiger partial charge < -0.3 is 10.1 Å². The van der Waals surface area contributed by atoms with Crippen LogP contribution >= 0.6 is 15.9 Å². The molecule has 2 aromatic carbocycles. The summed E-state index contributed by atoms with van der Waals surface area (Å²) in [6, 6.07) is 13.0. The van der Waals surface area contributed by atoms with Crippen molar-refractivity contribution in [3.8, 4) is 5.75 Å². The Kier molecular flexibility index (Phi) is 5.39. The molecule has 2 rings (SSSR count). The van der Waals surface area contributed by atoms with Crippen LogP contribution in [0.4, 0.5) is 5.69 Å². The van der Waals surface area contributed by atoms with Gasteiger partial charge >= 0.3 is 0 Å². The Balaban J connectivity index is 2.10. The fourth-order valence-electron chi connectivity index (χ4n) is 1.82. The molecule has 0 heterocycles. The van der Waals surface area contributed by atoms with E-state index in [0.717, 1.165) is 27.9 Å². The van der Waals surface area contributed by atoms with Gasteiger partial charge in [-0.15, -0.1) is 0 Å². The molecule has 0 aromatic heterocycles. The minimum absolute atomic E-state index is 0.136. The Hall–Kier alpha value is -1.81. The van der Waals surface area contributed by atoms with Crippen LogP contribution in [0.15, 0.2) is 46.9 Å². The van der Waals surface area contributed by atoms with E-state index in [4.69, 9.17) is 4.74 Å². The number of carbonyl (C=O) groups excluding carboxylic acids is 1. The molecular weight excluding hydrogens is 330 g/mol. The Morgan fingerprint density at radius 1 is 1.24 bits per heavy atom. The number of carbonyl (C=O) groups is 1. The largest absolute Gasteiger partial charge is 0.494 e. The summed E-state index contributed by atoms with van der Waals surface area (Å²) in [6.07, 6.45) is 0.952. The van der Waals surface area contributed by atoms with Crippen LogP contribution in [0.5, 0.6) is 5.75 Å². The second-order valence-electron chi connectivity index (χ2n) is 4.79. The van der Waals surface area contributed by atoms with Crippen molar-refractivity contribution in [2.24, 2.45) is 0 Å². The third-order valence-electron chi connectivity index (χ3n) is 3.00. The molecule has 3 nitrogen and oxygen atoms in total.